The zero-order valence-corrected chi connectivity index (χ0v) is 16.3. The fraction of sp³-hybridized carbons (Fsp3) is 0.0455. The van der Waals surface area contributed by atoms with Crippen LogP contribution >= 0.6 is 11.6 Å². The van der Waals surface area contributed by atoms with Crippen LogP contribution in [0.4, 0.5) is 5.69 Å². The van der Waals surface area contributed by atoms with Gasteiger partial charge in [0.15, 0.2) is 11.5 Å². The zero-order valence-electron chi connectivity index (χ0n) is 15.6. The first-order valence-corrected chi connectivity index (χ1v) is 9.36. The SMILES string of the molecule is O=C(N/N=C\c1ccc2c(c1)OCO2)c1ccc(NC(=O)c2cccc(Cl)c2)cc1. The second-order valence-corrected chi connectivity index (χ2v) is 6.79. The average Bonchev–Trinajstić information content (AvgIpc) is 3.22. The Kier molecular flexibility index (Phi) is 5.63. The predicted octanol–water partition coefficient (Wildman–Crippen LogP) is 4.08. The highest BCUT2D eigenvalue weighted by atomic mass is 35.5. The molecule has 3 aromatic carbocycles. The normalized spacial score (nSPS) is 12.0. The molecule has 0 saturated carbocycles. The van der Waals surface area contributed by atoms with Crippen LogP contribution in [-0.4, -0.2) is 24.8 Å². The number of amides is 2. The van der Waals surface area contributed by atoms with E-state index in [0.717, 1.165) is 5.56 Å². The van der Waals surface area contributed by atoms with Crippen molar-refractivity contribution in [2.75, 3.05) is 12.1 Å². The van der Waals surface area contributed by atoms with Gasteiger partial charge in [0.2, 0.25) is 6.79 Å². The van der Waals surface area contributed by atoms with Gasteiger partial charge in [-0.15, -0.1) is 0 Å². The number of nitrogens with one attached hydrogen (secondary N) is 2. The molecule has 7 nitrogen and oxygen atoms in total. The van der Waals surface area contributed by atoms with Gasteiger partial charge >= 0.3 is 0 Å². The van der Waals surface area contributed by atoms with Crippen LogP contribution in [0.25, 0.3) is 0 Å². The number of fused-ring (bicyclic) bond motifs is 1. The molecule has 1 heterocycles. The van der Waals surface area contributed by atoms with E-state index in [9.17, 15) is 9.59 Å². The maximum absolute atomic E-state index is 12.2. The summed E-state index contributed by atoms with van der Waals surface area (Å²) in [5, 5.41) is 7.20. The van der Waals surface area contributed by atoms with Crippen molar-refractivity contribution >= 4 is 35.3 Å². The second-order valence-electron chi connectivity index (χ2n) is 6.35. The number of carbonyl (C=O) groups excluding carboxylic acids is 2. The van der Waals surface area contributed by atoms with Crippen molar-refractivity contribution in [2.45, 2.75) is 0 Å². The molecule has 0 spiro atoms. The molecule has 0 aromatic heterocycles. The Bertz CT molecular complexity index is 1130. The van der Waals surface area contributed by atoms with Crippen LogP contribution in [0.5, 0.6) is 11.5 Å². The lowest BCUT2D eigenvalue weighted by molar-refractivity contribution is 0.0954. The fourth-order valence-electron chi connectivity index (χ4n) is 2.76. The standard InChI is InChI=1S/C22H16ClN3O4/c23-17-3-1-2-16(11-17)21(27)25-18-7-5-15(6-8-18)22(28)26-24-12-14-4-9-19-20(10-14)30-13-29-19/h1-12H,13H2,(H,25,27)(H,26,28)/b24-12-. The molecule has 0 bridgehead atoms. The van der Waals surface area contributed by atoms with Gasteiger partial charge in [-0.1, -0.05) is 17.7 Å². The molecule has 2 N–H and O–H groups in total. The minimum Gasteiger partial charge on any atom is -0.454 e. The van der Waals surface area contributed by atoms with Crippen molar-refractivity contribution in [1.29, 1.82) is 0 Å². The first kappa shape index (κ1) is 19.5. The number of halogens is 1. The Labute approximate surface area is 177 Å². The summed E-state index contributed by atoms with van der Waals surface area (Å²) < 4.78 is 10.6. The highest BCUT2D eigenvalue weighted by Crippen LogP contribution is 2.31. The van der Waals surface area contributed by atoms with Crippen LogP contribution in [0.15, 0.2) is 71.8 Å². The highest BCUT2D eigenvalue weighted by molar-refractivity contribution is 6.31. The Balaban J connectivity index is 1.34. The Morgan fingerprint density at radius 1 is 0.900 bits per heavy atom. The van der Waals surface area contributed by atoms with E-state index in [0.29, 0.717) is 33.3 Å². The summed E-state index contributed by atoms with van der Waals surface area (Å²) in [5.41, 5.74) is 4.63. The number of benzene rings is 3. The van der Waals surface area contributed by atoms with E-state index >= 15 is 0 Å². The molecule has 0 atom stereocenters. The third kappa shape index (κ3) is 4.59. The van der Waals surface area contributed by atoms with Gasteiger partial charge < -0.3 is 14.8 Å². The summed E-state index contributed by atoms with van der Waals surface area (Å²) in [4.78, 5) is 24.5. The lowest BCUT2D eigenvalue weighted by atomic mass is 10.1. The molecule has 0 unspecified atom stereocenters. The minimum atomic E-state index is -0.375. The maximum Gasteiger partial charge on any atom is 0.271 e. The van der Waals surface area contributed by atoms with Gasteiger partial charge in [-0.2, -0.15) is 5.10 Å². The zero-order chi connectivity index (χ0) is 20.9. The maximum atomic E-state index is 12.2. The summed E-state index contributed by atoms with van der Waals surface area (Å²) in [6.45, 7) is 0.197. The van der Waals surface area contributed by atoms with Gasteiger partial charge in [-0.05, 0) is 66.2 Å². The monoisotopic (exact) mass is 421 g/mol. The molecule has 30 heavy (non-hydrogen) atoms. The lowest BCUT2D eigenvalue weighted by Gasteiger charge is -2.06. The lowest BCUT2D eigenvalue weighted by Crippen LogP contribution is -2.17. The predicted molar refractivity (Wildman–Crippen MR) is 113 cm³/mol. The van der Waals surface area contributed by atoms with Gasteiger partial charge in [-0.3, -0.25) is 9.59 Å². The van der Waals surface area contributed by atoms with Crippen molar-refractivity contribution in [3.8, 4) is 11.5 Å². The molecule has 3 aromatic rings. The Morgan fingerprint density at radius 3 is 2.50 bits per heavy atom. The van der Waals surface area contributed by atoms with Crippen molar-refractivity contribution in [3.05, 3.63) is 88.4 Å². The number of nitrogens with zero attached hydrogens (tertiary/aromatic N) is 1. The number of hydrogen-bond donors (Lipinski definition) is 2. The Morgan fingerprint density at radius 2 is 1.70 bits per heavy atom. The van der Waals surface area contributed by atoms with Gasteiger partial charge in [-0.25, -0.2) is 5.43 Å². The molecule has 0 fully saturated rings. The molecule has 8 heteroatoms. The number of carbonyl (C=O) groups is 2. The molecule has 2 amide bonds. The molecule has 150 valence electrons. The molecule has 1 aliphatic rings. The van der Waals surface area contributed by atoms with E-state index in [1.54, 1.807) is 66.7 Å². The smallest absolute Gasteiger partial charge is 0.271 e. The van der Waals surface area contributed by atoms with E-state index < -0.39 is 0 Å². The van der Waals surface area contributed by atoms with Crippen LogP contribution in [0.3, 0.4) is 0 Å². The summed E-state index contributed by atoms with van der Waals surface area (Å²) in [5.74, 6) is 0.655. The summed E-state index contributed by atoms with van der Waals surface area (Å²) in [6, 6.07) is 18.5. The quantitative estimate of drug-likeness (QED) is 0.479. The van der Waals surface area contributed by atoms with Gasteiger partial charge in [0.25, 0.3) is 11.8 Å². The molecule has 0 saturated heterocycles. The van der Waals surface area contributed by atoms with Crippen LogP contribution < -0.4 is 20.2 Å². The average molecular weight is 422 g/mol. The number of hydrogen-bond acceptors (Lipinski definition) is 5. The number of anilines is 1. The molecule has 1 aliphatic heterocycles. The fourth-order valence-corrected chi connectivity index (χ4v) is 2.95. The van der Waals surface area contributed by atoms with E-state index in [4.69, 9.17) is 21.1 Å². The summed E-state index contributed by atoms with van der Waals surface area (Å²) in [6.07, 6.45) is 1.51. The first-order valence-electron chi connectivity index (χ1n) is 8.98. The van der Waals surface area contributed by atoms with E-state index in [1.807, 2.05) is 0 Å². The molecule has 4 rings (SSSR count). The summed E-state index contributed by atoms with van der Waals surface area (Å²) >= 11 is 5.91. The first-order chi connectivity index (χ1) is 14.6. The molecular formula is C22H16ClN3O4. The van der Waals surface area contributed by atoms with Gasteiger partial charge in [0.1, 0.15) is 0 Å². The van der Waals surface area contributed by atoms with Crippen molar-refractivity contribution in [1.82, 2.24) is 5.43 Å². The van der Waals surface area contributed by atoms with Crippen molar-refractivity contribution in [3.63, 3.8) is 0 Å². The topological polar surface area (TPSA) is 89.0 Å². The Hall–Kier alpha value is -3.84. The largest absolute Gasteiger partial charge is 0.454 e. The van der Waals surface area contributed by atoms with E-state index in [2.05, 4.69) is 15.8 Å². The molecule has 0 aliphatic carbocycles. The van der Waals surface area contributed by atoms with E-state index in [1.165, 1.54) is 6.21 Å². The van der Waals surface area contributed by atoms with Gasteiger partial charge in [0, 0.05) is 21.8 Å². The molecular weight excluding hydrogens is 406 g/mol. The van der Waals surface area contributed by atoms with Crippen molar-refractivity contribution < 1.29 is 19.1 Å². The number of rotatable bonds is 5. The van der Waals surface area contributed by atoms with Crippen LogP contribution in [0.2, 0.25) is 5.02 Å². The minimum absolute atomic E-state index is 0.197. The third-order valence-corrected chi connectivity index (χ3v) is 4.50. The van der Waals surface area contributed by atoms with E-state index in [-0.39, 0.29) is 18.6 Å². The third-order valence-electron chi connectivity index (χ3n) is 4.27. The van der Waals surface area contributed by atoms with Crippen molar-refractivity contribution in [2.24, 2.45) is 5.10 Å². The van der Waals surface area contributed by atoms with Gasteiger partial charge in [0.05, 0.1) is 6.21 Å². The van der Waals surface area contributed by atoms with Crippen LogP contribution in [0, 0.1) is 0 Å². The summed E-state index contributed by atoms with van der Waals surface area (Å²) in [7, 11) is 0. The molecule has 0 radical (unpaired) electrons. The van der Waals surface area contributed by atoms with Crippen LogP contribution in [0.1, 0.15) is 26.3 Å². The van der Waals surface area contributed by atoms with Crippen LogP contribution in [-0.2, 0) is 0 Å². The number of hydrazone groups is 1. The highest BCUT2D eigenvalue weighted by Gasteiger charge is 2.12. The number of ether oxygens (including phenoxy) is 2. The second kappa shape index (κ2) is 8.67.